The highest BCUT2D eigenvalue weighted by atomic mass is 19.2. The van der Waals surface area contributed by atoms with Gasteiger partial charge >= 0.3 is 0 Å². The van der Waals surface area contributed by atoms with E-state index in [1.165, 1.54) is 12.4 Å². The number of carbonyl (C=O) groups is 1. The number of anilines is 1. The van der Waals surface area contributed by atoms with E-state index in [1.807, 2.05) is 28.0 Å². The lowest BCUT2D eigenvalue weighted by Gasteiger charge is -2.35. The zero-order valence-electron chi connectivity index (χ0n) is 15.5. The van der Waals surface area contributed by atoms with Gasteiger partial charge in [0.05, 0.1) is 0 Å². The molecule has 2 heterocycles. The Morgan fingerprint density at radius 1 is 0.897 bits per heavy atom. The fourth-order valence-electron chi connectivity index (χ4n) is 3.12. The van der Waals surface area contributed by atoms with Gasteiger partial charge in [-0.1, -0.05) is 18.2 Å². The van der Waals surface area contributed by atoms with Crippen molar-refractivity contribution in [2.45, 2.75) is 0 Å². The molecular weight excluding hydrogens is 378 g/mol. The molecule has 0 unspecified atom stereocenters. The second-order valence-electron chi connectivity index (χ2n) is 6.54. The first-order chi connectivity index (χ1) is 14.1. The molecule has 0 radical (unpaired) electrons. The Balaban J connectivity index is 1.40. The van der Waals surface area contributed by atoms with E-state index < -0.39 is 11.6 Å². The number of halogens is 2. The highest BCUT2D eigenvalue weighted by Crippen LogP contribution is 2.24. The Morgan fingerprint density at radius 3 is 2.38 bits per heavy atom. The van der Waals surface area contributed by atoms with Crippen molar-refractivity contribution in [1.29, 1.82) is 0 Å². The predicted molar refractivity (Wildman–Crippen MR) is 103 cm³/mol. The van der Waals surface area contributed by atoms with Crippen LogP contribution in [0.1, 0.15) is 10.4 Å². The van der Waals surface area contributed by atoms with Crippen LogP contribution in [0.4, 0.5) is 14.6 Å². The molecule has 0 bridgehead atoms. The molecule has 0 spiro atoms. The van der Waals surface area contributed by atoms with Crippen LogP contribution in [0, 0.1) is 11.6 Å². The quantitative estimate of drug-likeness (QED) is 0.676. The molecule has 0 atom stereocenters. The molecule has 1 aliphatic rings. The van der Waals surface area contributed by atoms with Gasteiger partial charge in [-0.3, -0.25) is 4.79 Å². The Bertz CT molecular complexity index is 1010. The van der Waals surface area contributed by atoms with Gasteiger partial charge in [0.25, 0.3) is 5.91 Å². The molecule has 8 heteroatoms. The molecular formula is C21H18F2N4O2. The van der Waals surface area contributed by atoms with E-state index in [9.17, 15) is 13.6 Å². The summed E-state index contributed by atoms with van der Waals surface area (Å²) in [5.41, 5.74) is 0.671. The fourth-order valence-corrected chi connectivity index (χ4v) is 3.12. The Labute approximate surface area is 166 Å². The molecule has 3 aromatic rings. The van der Waals surface area contributed by atoms with Crippen LogP contribution in [0.25, 0.3) is 0 Å². The van der Waals surface area contributed by atoms with E-state index in [1.54, 1.807) is 18.2 Å². The number of carbonyl (C=O) groups excluding carboxylic acids is 1. The molecule has 29 heavy (non-hydrogen) atoms. The van der Waals surface area contributed by atoms with E-state index in [-0.39, 0.29) is 17.5 Å². The van der Waals surface area contributed by atoms with Gasteiger partial charge in [0.1, 0.15) is 17.9 Å². The Kier molecular flexibility index (Phi) is 5.33. The van der Waals surface area contributed by atoms with Crippen LogP contribution in [0.2, 0.25) is 0 Å². The first-order valence-corrected chi connectivity index (χ1v) is 9.14. The lowest BCUT2D eigenvalue weighted by molar-refractivity contribution is 0.0746. The van der Waals surface area contributed by atoms with Gasteiger partial charge in [0, 0.05) is 43.9 Å². The Hall–Kier alpha value is -3.55. The number of rotatable bonds is 4. The summed E-state index contributed by atoms with van der Waals surface area (Å²) in [5.74, 6) is -0.907. The molecule has 6 nitrogen and oxygen atoms in total. The number of nitrogens with zero attached hydrogens (tertiary/aromatic N) is 4. The summed E-state index contributed by atoms with van der Waals surface area (Å²) >= 11 is 0. The monoisotopic (exact) mass is 396 g/mol. The minimum absolute atomic E-state index is 0.00953. The molecule has 0 saturated carbocycles. The van der Waals surface area contributed by atoms with Gasteiger partial charge < -0.3 is 14.5 Å². The summed E-state index contributed by atoms with van der Waals surface area (Å²) in [6.45, 7) is 2.36. The minimum Gasteiger partial charge on any atom is -0.439 e. The zero-order valence-corrected chi connectivity index (χ0v) is 15.5. The average molecular weight is 396 g/mol. The van der Waals surface area contributed by atoms with E-state index in [0.717, 1.165) is 12.1 Å². The van der Waals surface area contributed by atoms with Crippen LogP contribution in [0.3, 0.4) is 0 Å². The number of hydrogen-bond donors (Lipinski definition) is 0. The fraction of sp³-hybridized carbons (Fsp3) is 0.190. The van der Waals surface area contributed by atoms with Crippen LogP contribution >= 0.6 is 0 Å². The van der Waals surface area contributed by atoms with Crippen LogP contribution in [-0.4, -0.2) is 47.0 Å². The summed E-state index contributed by atoms with van der Waals surface area (Å²) in [5, 5.41) is 0. The summed E-state index contributed by atoms with van der Waals surface area (Å²) in [4.78, 5) is 24.7. The summed E-state index contributed by atoms with van der Waals surface area (Å²) in [7, 11) is 0. The first-order valence-electron chi connectivity index (χ1n) is 9.14. The number of hydrogen-bond acceptors (Lipinski definition) is 5. The van der Waals surface area contributed by atoms with Crippen molar-refractivity contribution >= 4 is 11.7 Å². The predicted octanol–water partition coefficient (Wildman–Crippen LogP) is 3.51. The third-order valence-corrected chi connectivity index (χ3v) is 4.65. The maximum atomic E-state index is 13.3. The third kappa shape index (κ3) is 4.31. The second kappa shape index (κ2) is 8.22. The molecule has 0 N–H and O–H groups in total. The van der Waals surface area contributed by atoms with Crippen molar-refractivity contribution in [3.63, 3.8) is 0 Å². The zero-order chi connectivity index (χ0) is 20.2. The van der Waals surface area contributed by atoms with Crippen LogP contribution in [0.5, 0.6) is 11.6 Å². The van der Waals surface area contributed by atoms with Crippen molar-refractivity contribution in [1.82, 2.24) is 14.9 Å². The maximum absolute atomic E-state index is 13.3. The maximum Gasteiger partial charge on any atom is 0.253 e. The topological polar surface area (TPSA) is 58.6 Å². The van der Waals surface area contributed by atoms with Crippen LogP contribution < -0.4 is 9.64 Å². The lowest BCUT2D eigenvalue weighted by atomic mass is 10.2. The van der Waals surface area contributed by atoms with Crippen molar-refractivity contribution in [2.75, 3.05) is 31.1 Å². The van der Waals surface area contributed by atoms with Crippen LogP contribution in [-0.2, 0) is 0 Å². The molecule has 1 saturated heterocycles. The van der Waals surface area contributed by atoms with Gasteiger partial charge in [0.15, 0.2) is 11.6 Å². The van der Waals surface area contributed by atoms with Crippen molar-refractivity contribution in [3.8, 4) is 11.6 Å². The smallest absolute Gasteiger partial charge is 0.253 e. The average Bonchev–Trinajstić information content (AvgIpc) is 2.77. The number of amides is 1. The first kappa shape index (κ1) is 18.8. The molecule has 1 fully saturated rings. The standard InChI is InChI=1S/C21H18F2N4O2/c22-17-7-6-16(12-18(17)23)29-20-13-19(24-14-25-20)26-8-10-27(11-9-26)21(28)15-4-2-1-3-5-15/h1-7,12-14H,8-11H2. The largest absolute Gasteiger partial charge is 0.439 e. The van der Waals surface area contributed by atoms with Crippen molar-refractivity contribution < 1.29 is 18.3 Å². The highest BCUT2D eigenvalue weighted by Gasteiger charge is 2.23. The van der Waals surface area contributed by atoms with E-state index >= 15 is 0 Å². The molecule has 4 rings (SSSR count). The summed E-state index contributed by atoms with van der Waals surface area (Å²) in [6, 6.07) is 14.1. The van der Waals surface area contributed by atoms with Gasteiger partial charge in [-0.15, -0.1) is 0 Å². The van der Waals surface area contributed by atoms with Crippen molar-refractivity contribution in [3.05, 3.63) is 78.1 Å². The normalized spacial score (nSPS) is 14.0. The number of piperazine rings is 1. The second-order valence-corrected chi connectivity index (χ2v) is 6.54. The van der Waals surface area contributed by atoms with E-state index in [4.69, 9.17) is 4.74 Å². The molecule has 148 valence electrons. The Morgan fingerprint density at radius 2 is 1.66 bits per heavy atom. The van der Waals surface area contributed by atoms with Crippen LogP contribution in [0.15, 0.2) is 60.9 Å². The minimum atomic E-state index is -0.990. The molecule has 1 aliphatic heterocycles. The number of ether oxygens (including phenoxy) is 1. The van der Waals surface area contributed by atoms with Gasteiger partial charge in [-0.05, 0) is 24.3 Å². The molecule has 2 aromatic carbocycles. The summed E-state index contributed by atoms with van der Waals surface area (Å²) in [6.07, 6.45) is 1.35. The SMILES string of the molecule is O=C(c1ccccc1)N1CCN(c2cc(Oc3ccc(F)c(F)c3)ncn2)CC1. The van der Waals surface area contributed by atoms with E-state index in [2.05, 4.69) is 9.97 Å². The van der Waals surface area contributed by atoms with Gasteiger partial charge in [-0.25, -0.2) is 18.7 Å². The van der Waals surface area contributed by atoms with Gasteiger partial charge in [0.2, 0.25) is 5.88 Å². The number of benzene rings is 2. The highest BCUT2D eigenvalue weighted by molar-refractivity contribution is 5.94. The molecule has 1 amide bonds. The summed E-state index contributed by atoms with van der Waals surface area (Å²) < 4.78 is 31.9. The third-order valence-electron chi connectivity index (χ3n) is 4.65. The lowest BCUT2D eigenvalue weighted by Crippen LogP contribution is -2.49. The van der Waals surface area contributed by atoms with E-state index in [0.29, 0.717) is 37.6 Å². The molecule has 1 aromatic heterocycles. The van der Waals surface area contributed by atoms with Crippen molar-refractivity contribution in [2.24, 2.45) is 0 Å². The number of aromatic nitrogens is 2. The van der Waals surface area contributed by atoms with Gasteiger partial charge in [-0.2, -0.15) is 0 Å². The molecule has 0 aliphatic carbocycles.